The van der Waals surface area contributed by atoms with Crippen molar-refractivity contribution >= 4 is 27.3 Å². The summed E-state index contributed by atoms with van der Waals surface area (Å²) in [5.74, 6) is 0. The third-order valence-corrected chi connectivity index (χ3v) is 4.18. The van der Waals surface area contributed by atoms with E-state index in [1.807, 2.05) is 18.2 Å². The Labute approximate surface area is 135 Å². The molecule has 0 unspecified atom stereocenters. The highest BCUT2D eigenvalue weighted by atomic mass is 79.9. The number of aliphatic hydroxyl groups excluding tert-OH is 1. The van der Waals surface area contributed by atoms with Crippen molar-refractivity contribution in [2.24, 2.45) is 0 Å². The van der Waals surface area contributed by atoms with Gasteiger partial charge in [0, 0.05) is 16.7 Å². The first kappa shape index (κ1) is 16.1. The summed E-state index contributed by atoms with van der Waals surface area (Å²) in [4.78, 5) is 2.32. The molecule has 2 aromatic carbocycles. The van der Waals surface area contributed by atoms with E-state index in [4.69, 9.17) is 0 Å². The van der Waals surface area contributed by atoms with E-state index < -0.39 is 6.10 Å². The van der Waals surface area contributed by atoms with Crippen molar-refractivity contribution in [3.05, 3.63) is 58.6 Å². The molecule has 0 aromatic heterocycles. The SMILES string of the molecule is CCCCN(c1ccccc1)c1ccc([C@H](C)O)cc1Br. The van der Waals surface area contributed by atoms with Crippen LogP contribution in [0.1, 0.15) is 38.4 Å². The number of nitrogens with zero attached hydrogens (tertiary/aromatic N) is 1. The fraction of sp³-hybridized carbons (Fsp3) is 0.333. The Hall–Kier alpha value is -1.32. The van der Waals surface area contributed by atoms with Crippen molar-refractivity contribution in [2.45, 2.75) is 32.8 Å². The normalized spacial score (nSPS) is 12.2. The van der Waals surface area contributed by atoms with Crippen LogP contribution in [-0.2, 0) is 0 Å². The molecule has 2 rings (SSSR count). The maximum absolute atomic E-state index is 9.70. The molecule has 3 heteroatoms. The summed E-state index contributed by atoms with van der Waals surface area (Å²) < 4.78 is 1.01. The molecule has 0 aliphatic rings. The lowest BCUT2D eigenvalue weighted by molar-refractivity contribution is 0.199. The summed E-state index contributed by atoms with van der Waals surface area (Å²) in [6.45, 7) is 4.97. The van der Waals surface area contributed by atoms with E-state index in [2.05, 4.69) is 58.1 Å². The van der Waals surface area contributed by atoms with E-state index in [1.165, 1.54) is 5.69 Å². The van der Waals surface area contributed by atoms with Gasteiger partial charge in [0.1, 0.15) is 0 Å². The first-order valence-electron chi connectivity index (χ1n) is 7.43. The topological polar surface area (TPSA) is 23.5 Å². The maximum Gasteiger partial charge on any atom is 0.0762 e. The first-order chi connectivity index (χ1) is 10.1. The van der Waals surface area contributed by atoms with Crippen molar-refractivity contribution in [1.29, 1.82) is 0 Å². The van der Waals surface area contributed by atoms with Gasteiger partial charge in [0.05, 0.1) is 11.8 Å². The summed E-state index contributed by atoms with van der Waals surface area (Å²) in [6.07, 6.45) is 1.85. The van der Waals surface area contributed by atoms with Crippen LogP contribution < -0.4 is 4.90 Å². The second kappa shape index (κ2) is 7.62. The van der Waals surface area contributed by atoms with Gasteiger partial charge in [0.25, 0.3) is 0 Å². The molecule has 2 nitrogen and oxygen atoms in total. The standard InChI is InChI=1S/C18H22BrNO/c1-3-4-12-20(16-8-6-5-7-9-16)18-11-10-15(14(2)21)13-17(18)19/h5-11,13-14,21H,3-4,12H2,1-2H3/t14-/m0/s1. The molecule has 0 heterocycles. The van der Waals surface area contributed by atoms with Crippen LogP contribution in [0.25, 0.3) is 0 Å². The molecule has 0 aliphatic carbocycles. The molecule has 2 aromatic rings. The van der Waals surface area contributed by atoms with Crippen LogP contribution in [0.4, 0.5) is 11.4 Å². The molecule has 112 valence electrons. The Morgan fingerprint density at radius 3 is 2.43 bits per heavy atom. The second-order valence-electron chi connectivity index (χ2n) is 5.23. The van der Waals surface area contributed by atoms with Crippen molar-refractivity contribution in [3.8, 4) is 0 Å². The largest absolute Gasteiger partial charge is 0.389 e. The van der Waals surface area contributed by atoms with Gasteiger partial charge in [0.2, 0.25) is 0 Å². The van der Waals surface area contributed by atoms with E-state index in [0.717, 1.165) is 35.1 Å². The summed E-state index contributed by atoms with van der Waals surface area (Å²) >= 11 is 3.65. The molecule has 0 radical (unpaired) electrons. The lowest BCUT2D eigenvalue weighted by atomic mass is 10.1. The molecule has 0 saturated carbocycles. The van der Waals surface area contributed by atoms with Crippen LogP contribution in [0.2, 0.25) is 0 Å². The number of hydrogen-bond donors (Lipinski definition) is 1. The van der Waals surface area contributed by atoms with Crippen molar-refractivity contribution in [1.82, 2.24) is 0 Å². The van der Waals surface area contributed by atoms with Gasteiger partial charge >= 0.3 is 0 Å². The van der Waals surface area contributed by atoms with Crippen LogP contribution >= 0.6 is 15.9 Å². The van der Waals surface area contributed by atoms with E-state index in [-0.39, 0.29) is 0 Å². The molecule has 0 bridgehead atoms. The number of hydrogen-bond acceptors (Lipinski definition) is 2. The minimum absolute atomic E-state index is 0.448. The number of halogens is 1. The van der Waals surface area contributed by atoms with Gasteiger partial charge in [-0.1, -0.05) is 37.6 Å². The third kappa shape index (κ3) is 4.08. The highest BCUT2D eigenvalue weighted by Gasteiger charge is 2.13. The molecule has 1 atom stereocenters. The highest BCUT2D eigenvalue weighted by Crippen LogP contribution is 2.34. The molecule has 0 aliphatic heterocycles. The number of rotatable bonds is 6. The van der Waals surface area contributed by atoms with E-state index in [9.17, 15) is 5.11 Å². The Balaban J connectivity index is 2.37. The highest BCUT2D eigenvalue weighted by molar-refractivity contribution is 9.10. The van der Waals surface area contributed by atoms with E-state index in [0.29, 0.717) is 0 Å². The average Bonchev–Trinajstić information content (AvgIpc) is 2.50. The number of benzene rings is 2. The molecule has 0 saturated heterocycles. The van der Waals surface area contributed by atoms with Crippen LogP contribution in [0.3, 0.4) is 0 Å². The zero-order valence-corrected chi connectivity index (χ0v) is 14.2. The molecule has 1 N–H and O–H groups in total. The molecule has 21 heavy (non-hydrogen) atoms. The minimum atomic E-state index is -0.448. The van der Waals surface area contributed by atoms with E-state index in [1.54, 1.807) is 6.92 Å². The number of anilines is 2. The third-order valence-electron chi connectivity index (χ3n) is 3.55. The van der Waals surface area contributed by atoms with Crippen molar-refractivity contribution < 1.29 is 5.11 Å². The van der Waals surface area contributed by atoms with Gasteiger partial charge in [-0.2, -0.15) is 0 Å². The first-order valence-corrected chi connectivity index (χ1v) is 8.23. The number of para-hydroxylation sites is 1. The lowest BCUT2D eigenvalue weighted by Gasteiger charge is -2.26. The quantitative estimate of drug-likeness (QED) is 0.751. The minimum Gasteiger partial charge on any atom is -0.389 e. The van der Waals surface area contributed by atoms with Crippen LogP contribution in [0.5, 0.6) is 0 Å². The Morgan fingerprint density at radius 2 is 1.86 bits per heavy atom. The predicted octanol–water partition coefficient (Wildman–Crippen LogP) is 5.44. The Kier molecular flexibility index (Phi) is 5.83. The Morgan fingerprint density at radius 1 is 1.14 bits per heavy atom. The smallest absolute Gasteiger partial charge is 0.0762 e. The van der Waals surface area contributed by atoms with Crippen LogP contribution in [-0.4, -0.2) is 11.7 Å². The van der Waals surface area contributed by atoms with Gasteiger partial charge in [-0.3, -0.25) is 0 Å². The average molecular weight is 348 g/mol. The van der Waals surface area contributed by atoms with Crippen LogP contribution in [0, 0.1) is 0 Å². The zero-order valence-electron chi connectivity index (χ0n) is 12.6. The molecule has 0 amide bonds. The number of aliphatic hydroxyl groups is 1. The molecular weight excluding hydrogens is 326 g/mol. The fourth-order valence-electron chi connectivity index (χ4n) is 2.31. The molecule has 0 spiro atoms. The van der Waals surface area contributed by atoms with E-state index >= 15 is 0 Å². The Bertz CT molecular complexity index is 569. The summed E-state index contributed by atoms with van der Waals surface area (Å²) in [6, 6.07) is 16.5. The van der Waals surface area contributed by atoms with Crippen molar-refractivity contribution in [2.75, 3.05) is 11.4 Å². The second-order valence-corrected chi connectivity index (χ2v) is 6.08. The maximum atomic E-state index is 9.70. The van der Waals surface area contributed by atoms with Gasteiger partial charge in [0.15, 0.2) is 0 Å². The van der Waals surface area contributed by atoms with Gasteiger partial charge < -0.3 is 10.0 Å². The van der Waals surface area contributed by atoms with Crippen LogP contribution in [0.15, 0.2) is 53.0 Å². The van der Waals surface area contributed by atoms with Gasteiger partial charge in [-0.15, -0.1) is 0 Å². The van der Waals surface area contributed by atoms with Crippen molar-refractivity contribution in [3.63, 3.8) is 0 Å². The summed E-state index contributed by atoms with van der Waals surface area (Å²) in [5.41, 5.74) is 3.25. The van der Waals surface area contributed by atoms with Gasteiger partial charge in [-0.05, 0) is 59.1 Å². The van der Waals surface area contributed by atoms with Gasteiger partial charge in [-0.25, -0.2) is 0 Å². The molecular formula is C18H22BrNO. The number of unbranched alkanes of at least 4 members (excludes halogenated alkanes) is 1. The summed E-state index contributed by atoms with van der Waals surface area (Å²) in [7, 11) is 0. The summed E-state index contributed by atoms with van der Waals surface area (Å²) in [5, 5.41) is 9.70. The fourth-order valence-corrected chi connectivity index (χ4v) is 2.93. The zero-order chi connectivity index (χ0) is 15.2. The predicted molar refractivity (Wildman–Crippen MR) is 93.1 cm³/mol. The molecule has 0 fully saturated rings. The monoisotopic (exact) mass is 347 g/mol. The lowest BCUT2D eigenvalue weighted by Crippen LogP contribution is -2.18.